The lowest BCUT2D eigenvalue weighted by atomic mass is 10.1. The molecular weight excluding hydrogens is 118 g/mol. The Labute approximate surface area is 54.9 Å². The maximum absolute atomic E-state index is 10.1. The van der Waals surface area contributed by atoms with Gasteiger partial charge in [0.1, 0.15) is 6.04 Å². The van der Waals surface area contributed by atoms with Crippen LogP contribution in [-0.2, 0) is 4.79 Å². The monoisotopic (exact) mass is 131 g/mol. The number of carboxylic acid groups (broad SMARTS) is 1. The molecule has 0 rings (SSSR count). The van der Waals surface area contributed by atoms with E-state index in [9.17, 15) is 4.79 Å². The third-order valence-electron chi connectivity index (χ3n) is 1.19. The van der Waals surface area contributed by atoms with Crippen molar-refractivity contribution < 1.29 is 9.90 Å². The maximum Gasteiger partial charge on any atom is 0.320 e. The Kier molecular flexibility index (Phi) is 4.05. The van der Waals surface area contributed by atoms with Crippen molar-refractivity contribution in [2.24, 2.45) is 5.73 Å². The van der Waals surface area contributed by atoms with E-state index in [4.69, 9.17) is 10.8 Å². The summed E-state index contributed by atoms with van der Waals surface area (Å²) in [5, 5.41) is 8.28. The third kappa shape index (κ3) is 3.97. The molecule has 0 spiro atoms. The summed E-state index contributed by atoms with van der Waals surface area (Å²) in [4.78, 5) is 10.1. The molecule has 0 aliphatic rings. The molecule has 3 heteroatoms. The van der Waals surface area contributed by atoms with Crippen LogP contribution in [0.25, 0.3) is 0 Å². The van der Waals surface area contributed by atoms with Gasteiger partial charge in [0.2, 0.25) is 0 Å². The van der Waals surface area contributed by atoms with Gasteiger partial charge in [0, 0.05) is 0 Å². The lowest BCUT2D eigenvalue weighted by Gasteiger charge is -2.02. The Hall–Kier alpha value is -0.570. The van der Waals surface area contributed by atoms with Gasteiger partial charge in [-0.15, -0.1) is 0 Å². The van der Waals surface area contributed by atoms with Crippen molar-refractivity contribution in [1.82, 2.24) is 0 Å². The maximum atomic E-state index is 10.1. The fourth-order valence-electron chi connectivity index (χ4n) is 0.548. The van der Waals surface area contributed by atoms with E-state index in [0.29, 0.717) is 6.42 Å². The van der Waals surface area contributed by atoms with Gasteiger partial charge in [-0.05, 0) is 6.42 Å². The smallest absolute Gasteiger partial charge is 0.320 e. The van der Waals surface area contributed by atoms with Crippen molar-refractivity contribution in [3.63, 3.8) is 0 Å². The minimum atomic E-state index is -0.900. The summed E-state index contributed by atoms with van der Waals surface area (Å²) >= 11 is 0. The molecule has 0 fully saturated rings. The molecule has 0 heterocycles. The van der Waals surface area contributed by atoms with Crippen molar-refractivity contribution in [3.05, 3.63) is 0 Å². The second-order valence-electron chi connectivity index (χ2n) is 2.09. The second kappa shape index (κ2) is 4.32. The highest BCUT2D eigenvalue weighted by Crippen LogP contribution is 1.96. The summed E-state index contributed by atoms with van der Waals surface area (Å²) in [5.41, 5.74) is 5.20. The fourth-order valence-corrected chi connectivity index (χ4v) is 0.548. The van der Waals surface area contributed by atoms with Crippen LogP contribution in [0.1, 0.15) is 26.2 Å². The Balaban J connectivity index is 3.27. The molecule has 0 amide bonds. The van der Waals surface area contributed by atoms with Crippen molar-refractivity contribution in [2.45, 2.75) is 32.2 Å². The van der Waals surface area contributed by atoms with Gasteiger partial charge in [-0.3, -0.25) is 4.79 Å². The number of aliphatic carboxylic acids is 1. The molecule has 3 nitrogen and oxygen atoms in total. The number of carbonyl (C=O) groups is 1. The van der Waals surface area contributed by atoms with E-state index in [1.165, 1.54) is 0 Å². The van der Waals surface area contributed by atoms with E-state index in [-0.39, 0.29) is 0 Å². The van der Waals surface area contributed by atoms with Crippen LogP contribution in [0.4, 0.5) is 0 Å². The van der Waals surface area contributed by atoms with Gasteiger partial charge in [0.05, 0.1) is 0 Å². The number of hydrogen-bond acceptors (Lipinski definition) is 2. The number of hydrogen-bond donors (Lipinski definition) is 2. The lowest BCUT2D eigenvalue weighted by molar-refractivity contribution is -0.138. The quantitative estimate of drug-likeness (QED) is 0.587. The molecule has 0 aromatic heterocycles. The van der Waals surface area contributed by atoms with Crippen LogP contribution in [-0.4, -0.2) is 17.1 Å². The minimum absolute atomic E-state index is 0.589. The molecule has 0 bridgehead atoms. The molecule has 0 aromatic rings. The van der Waals surface area contributed by atoms with Crippen LogP contribution in [0.3, 0.4) is 0 Å². The first-order valence-electron chi connectivity index (χ1n) is 3.17. The van der Waals surface area contributed by atoms with E-state index in [2.05, 4.69) is 0 Å². The zero-order valence-electron chi connectivity index (χ0n) is 5.63. The zero-order valence-corrected chi connectivity index (χ0v) is 5.63. The number of rotatable bonds is 4. The van der Waals surface area contributed by atoms with Crippen molar-refractivity contribution in [3.8, 4) is 0 Å². The molecule has 0 saturated carbocycles. The van der Waals surface area contributed by atoms with E-state index < -0.39 is 12.0 Å². The van der Waals surface area contributed by atoms with Crippen LogP contribution < -0.4 is 5.73 Å². The van der Waals surface area contributed by atoms with Crippen LogP contribution in [0.5, 0.6) is 0 Å². The van der Waals surface area contributed by atoms with E-state index in [0.717, 1.165) is 12.8 Å². The first-order valence-corrected chi connectivity index (χ1v) is 3.17. The molecule has 1 atom stereocenters. The molecule has 9 heavy (non-hydrogen) atoms. The number of carboxylic acids is 1. The van der Waals surface area contributed by atoms with Crippen LogP contribution in [0.15, 0.2) is 0 Å². The molecular formula is C6H13NO2. The normalized spacial score (nSPS) is 13.1. The van der Waals surface area contributed by atoms with Gasteiger partial charge < -0.3 is 10.8 Å². The predicted octanol–water partition coefficient (Wildman–Crippen LogP) is 0.588. The first-order chi connectivity index (χ1) is 4.18. The molecule has 3 N–H and O–H groups in total. The standard InChI is InChI=1S/C6H13NO2/c1-2-3-4-5(7)6(8)9/h5H,2-4,7H2,1H3,(H,8,9)/t5-/m1/s1. The largest absolute Gasteiger partial charge is 0.480 e. The molecule has 0 aromatic carbocycles. The summed E-state index contributed by atoms with van der Waals surface area (Å²) in [6, 6.07) is -0.662. The molecule has 0 aliphatic carbocycles. The third-order valence-corrected chi connectivity index (χ3v) is 1.19. The van der Waals surface area contributed by atoms with Crippen LogP contribution >= 0.6 is 0 Å². The molecule has 0 saturated heterocycles. The van der Waals surface area contributed by atoms with Gasteiger partial charge in [0.25, 0.3) is 0 Å². The Morgan fingerprint density at radius 3 is 2.67 bits per heavy atom. The fraction of sp³-hybridized carbons (Fsp3) is 0.833. The second-order valence-corrected chi connectivity index (χ2v) is 2.09. The topological polar surface area (TPSA) is 63.3 Å². The van der Waals surface area contributed by atoms with Gasteiger partial charge in [0.15, 0.2) is 0 Å². The highest BCUT2D eigenvalue weighted by atomic mass is 16.4. The van der Waals surface area contributed by atoms with Gasteiger partial charge in [-0.1, -0.05) is 19.8 Å². The Bertz CT molecular complexity index is 93.1. The zero-order chi connectivity index (χ0) is 7.28. The average Bonchev–Trinajstić information content (AvgIpc) is 1.82. The van der Waals surface area contributed by atoms with Crippen molar-refractivity contribution in [1.29, 1.82) is 0 Å². The summed E-state index contributed by atoms with van der Waals surface area (Å²) < 4.78 is 0. The SMILES string of the molecule is CCCC[C@@H](N)C(=O)O. The van der Waals surface area contributed by atoms with Gasteiger partial charge in [-0.25, -0.2) is 0 Å². The molecule has 0 unspecified atom stereocenters. The predicted molar refractivity (Wildman–Crippen MR) is 35.1 cm³/mol. The minimum Gasteiger partial charge on any atom is -0.480 e. The van der Waals surface area contributed by atoms with E-state index >= 15 is 0 Å². The molecule has 54 valence electrons. The van der Waals surface area contributed by atoms with E-state index in [1.54, 1.807) is 0 Å². The summed E-state index contributed by atoms with van der Waals surface area (Å²) in [5.74, 6) is -0.900. The highest BCUT2D eigenvalue weighted by Gasteiger charge is 2.08. The van der Waals surface area contributed by atoms with Crippen LogP contribution in [0.2, 0.25) is 0 Å². The molecule has 0 aliphatic heterocycles. The van der Waals surface area contributed by atoms with Crippen molar-refractivity contribution in [2.75, 3.05) is 0 Å². The molecule has 0 radical (unpaired) electrons. The summed E-state index contributed by atoms with van der Waals surface area (Å²) in [6.45, 7) is 2.01. The number of unbranched alkanes of at least 4 members (excludes halogenated alkanes) is 1. The summed E-state index contributed by atoms with van der Waals surface area (Å²) in [6.07, 6.45) is 2.49. The lowest BCUT2D eigenvalue weighted by Crippen LogP contribution is -2.29. The number of nitrogens with two attached hydrogens (primary N) is 1. The first kappa shape index (κ1) is 8.43. The summed E-state index contributed by atoms with van der Waals surface area (Å²) in [7, 11) is 0. The average molecular weight is 131 g/mol. The highest BCUT2D eigenvalue weighted by molar-refractivity contribution is 5.72. The Morgan fingerprint density at radius 1 is 1.78 bits per heavy atom. The van der Waals surface area contributed by atoms with Gasteiger partial charge >= 0.3 is 5.97 Å². The van der Waals surface area contributed by atoms with Crippen LogP contribution in [0, 0.1) is 0 Å². The van der Waals surface area contributed by atoms with E-state index in [1.807, 2.05) is 6.92 Å². The van der Waals surface area contributed by atoms with Gasteiger partial charge in [-0.2, -0.15) is 0 Å². The Morgan fingerprint density at radius 2 is 2.33 bits per heavy atom. The van der Waals surface area contributed by atoms with Crippen molar-refractivity contribution >= 4 is 5.97 Å².